The number of aromatic nitrogens is 4. The Morgan fingerprint density at radius 1 is 1.36 bits per heavy atom. The number of nitriles is 1. The van der Waals surface area contributed by atoms with Crippen LogP contribution in [0.2, 0.25) is 0 Å². The quantitative estimate of drug-likeness (QED) is 0.614. The molecule has 1 unspecified atom stereocenters. The zero-order chi connectivity index (χ0) is 15.9. The van der Waals surface area contributed by atoms with Crippen molar-refractivity contribution in [1.29, 1.82) is 5.26 Å². The molecule has 1 aromatic carbocycles. The number of nitrogens with one attached hydrogen (secondary N) is 1. The fourth-order valence-corrected chi connectivity index (χ4v) is 1.81. The van der Waals surface area contributed by atoms with E-state index in [1.807, 2.05) is 6.92 Å². The summed E-state index contributed by atoms with van der Waals surface area (Å²) in [5.74, 6) is -2.44. The second kappa shape index (κ2) is 7.08. The molecule has 2 rings (SSSR count). The van der Waals surface area contributed by atoms with Crippen LogP contribution in [-0.4, -0.2) is 38.4 Å². The van der Waals surface area contributed by atoms with Crippen LogP contribution >= 0.6 is 0 Å². The SMILES string of the molecule is CCCNC(=O)C(C#N)C(=O)c1ccc(-n2cnnn2)cc1. The Morgan fingerprint density at radius 3 is 2.64 bits per heavy atom. The molecule has 8 nitrogen and oxygen atoms in total. The van der Waals surface area contributed by atoms with Gasteiger partial charge in [0.05, 0.1) is 11.8 Å². The van der Waals surface area contributed by atoms with E-state index in [1.54, 1.807) is 18.2 Å². The van der Waals surface area contributed by atoms with Crippen molar-refractivity contribution >= 4 is 11.7 Å². The number of hydrogen-bond donors (Lipinski definition) is 1. The molecule has 0 saturated carbocycles. The van der Waals surface area contributed by atoms with Crippen molar-refractivity contribution in [3.63, 3.8) is 0 Å². The van der Waals surface area contributed by atoms with Crippen LogP contribution in [-0.2, 0) is 4.79 Å². The van der Waals surface area contributed by atoms with Gasteiger partial charge in [-0.25, -0.2) is 4.68 Å². The molecule has 0 radical (unpaired) electrons. The fraction of sp³-hybridized carbons (Fsp3) is 0.286. The molecule has 112 valence electrons. The summed E-state index contributed by atoms with van der Waals surface area (Å²) in [4.78, 5) is 24.1. The molecule has 0 saturated heterocycles. The molecule has 0 aliphatic heterocycles. The van der Waals surface area contributed by atoms with Gasteiger partial charge in [0.15, 0.2) is 11.7 Å². The summed E-state index contributed by atoms with van der Waals surface area (Å²) in [6.45, 7) is 2.32. The number of benzene rings is 1. The van der Waals surface area contributed by atoms with Crippen LogP contribution in [0.5, 0.6) is 0 Å². The molecule has 1 heterocycles. The van der Waals surface area contributed by atoms with Crippen LogP contribution in [0.1, 0.15) is 23.7 Å². The molecule has 0 spiro atoms. The highest BCUT2D eigenvalue weighted by molar-refractivity contribution is 6.12. The second-order valence-electron chi connectivity index (χ2n) is 4.52. The summed E-state index contributed by atoms with van der Waals surface area (Å²) in [6.07, 6.45) is 2.16. The number of carbonyl (C=O) groups excluding carboxylic acids is 2. The largest absolute Gasteiger partial charge is 0.355 e. The van der Waals surface area contributed by atoms with Gasteiger partial charge in [-0.3, -0.25) is 9.59 Å². The predicted molar refractivity (Wildman–Crippen MR) is 75.9 cm³/mol. The summed E-state index contributed by atoms with van der Waals surface area (Å²) in [5, 5.41) is 22.4. The first-order chi connectivity index (χ1) is 10.7. The van der Waals surface area contributed by atoms with Gasteiger partial charge in [0.1, 0.15) is 6.33 Å². The van der Waals surface area contributed by atoms with E-state index >= 15 is 0 Å². The highest BCUT2D eigenvalue weighted by Crippen LogP contribution is 2.12. The molecule has 2 aromatic rings. The Labute approximate surface area is 126 Å². The van der Waals surface area contributed by atoms with Crippen molar-refractivity contribution in [1.82, 2.24) is 25.5 Å². The summed E-state index contributed by atoms with van der Waals surface area (Å²) in [6, 6.07) is 8.11. The average Bonchev–Trinajstić information content (AvgIpc) is 3.08. The third-order valence-electron chi connectivity index (χ3n) is 2.97. The van der Waals surface area contributed by atoms with Crippen molar-refractivity contribution in [2.24, 2.45) is 5.92 Å². The van der Waals surface area contributed by atoms with Gasteiger partial charge in [0, 0.05) is 12.1 Å². The van der Waals surface area contributed by atoms with Crippen LogP contribution in [0.4, 0.5) is 0 Å². The molecule has 0 aliphatic carbocycles. The molecule has 1 amide bonds. The van der Waals surface area contributed by atoms with Gasteiger partial charge < -0.3 is 5.32 Å². The second-order valence-corrected chi connectivity index (χ2v) is 4.52. The third-order valence-corrected chi connectivity index (χ3v) is 2.97. The predicted octanol–water partition coefficient (Wildman–Crippen LogP) is 0.511. The molecule has 8 heteroatoms. The fourth-order valence-electron chi connectivity index (χ4n) is 1.81. The van der Waals surface area contributed by atoms with Gasteiger partial charge >= 0.3 is 0 Å². The molecule has 0 fully saturated rings. The maximum Gasteiger partial charge on any atom is 0.245 e. The van der Waals surface area contributed by atoms with E-state index in [2.05, 4.69) is 20.8 Å². The molecule has 1 N–H and O–H groups in total. The number of tetrazole rings is 1. The van der Waals surface area contributed by atoms with Crippen molar-refractivity contribution < 1.29 is 9.59 Å². The number of amides is 1. The standard InChI is InChI=1S/C14H14N6O2/c1-2-7-16-14(22)12(8-15)13(21)10-3-5-11(6-4-10)20-9-17-18-19-20/h3-6,9,12H,2,7H2,1H3,(H,16,22). The lowest BCUT2D eigenvalue weighted by Gasteiger charge is -2.09. The minimum atomic E-state index is -1.34. The molecule has 0 bridgehead atoms. The molecule has 1 atom stereocenters. The Kier molecular flexibility index (Phi) is 4.93. The third kappa shape index (κ3) is 3.32. The number of ketones is 1. The monoisotopic (exact) mass is 298 g/mol. The first-order valence-electron chi connectivity index (χ1n) is 6.72. The Hall–Kier alpha value is -3.08. The normalized spacial score (nSPS) is 11.5. The van der Waals surface area contributed by atoms with Gasteiger partial charge in [0.2, 0.25) is 5.91 Å². The van der Waals surface area contributed by atoms with Gasteiger partial charge in [-0.15, -0.1) is 5.10 Å². The first-order valence-corrected chi connectivity index (χ1v) is 6.72. The molecular weight excluding hydrogens is 284 g/mol. The van der Waals surface area contributed by atoms with E-state index in [4.69, 9.17) is 5.26 Å². The highest BCUT2D eigenvalue weighted by Gasteiger charge is 2.27. The average molecular weight is 298 g/mol. The van der Waals surface area contributed by atoms with Gasteiger partial charge in [-0.1, -0.05) is 6.92 Å². The lowest BCUT2D eigenvalue weighted by Crippen LogP contribution is -2.35. The van der Waals surface area contributed by atoms with Crippen LogP contribution in [0.25, 0.3) is 5.69 Å². The Morgan fingerprint density at radius 2 is 2.09 bits per heavy atom. The van der Waals surface area contributed by atoms with Crippen LogP contribution in [0.3, 0.4) is 0 Å². The summed E-state index contributed by atoms with van der Waals surface area (Å²) in [7, 11) is 0. The summed E-state index contributed by atoms with van der Waals surface area (Å²) >= 11 is 0. The number of hydrogen-bond acceptors (Lipinski definition) is 6. The number of carbonyl (C=O) groups is 2. The maximum atomic E-state index is 12.2. The van der Waals surface area contributed by atoms with Crippen LogP contribution < -0.4 is 5.32 Å². The first kappa shape index (κ1) is 15.3. The van der Waals surface area contributed by atoms with Crippen molar-refractivity contribution in [3.05, 3.63) is 36.2 Å². The Balaban J connectivity index is 2.14. The van der Waals surface area contributed by atoms with Crippen molar-refractivity contribution in [3.8, 4) is 11.8 Å². The van der Waals surface area contributed by atoms with E-state index in [1.165, 1.54) is 23.1 Å². The van der Waals surface area contributed by atoms with Gasteiger partial charge in [-0.05, 0) is 41.1 Å². The van der Waals surface area contributed by atoms with E-state index in [-0.39, 0.29) is 5.56 Å². The number of Topliss-reactive ketones (excluding diaryl/α,β-unsaturated/α-hetero) is 1. The topological polar surface area (TPSA) is 114 Å². The van der Waals surface area contributed by atoms with E-state index in [9.17, 15) is 9.59 Å². The minimum absolute atomic E-state index is 0.287. The zero-order valence-corrected chi connectivity index (χ0v) is 11.9. The smallest absolute Gasteiger partial charge is 0.245 e. The molecule has 1 aromatic heterocycles. The molecule has 22 heavy (non-hydrogen) atoms. The number of rotatable bonds is 6. The molecular formula is C14H14N6O2. The van der Waals surface area contributed by atoms with Crippen molar-refractivity contribution in [2.75, 3.05) is 6.54 Å². The summed E-state index contributed by atoms with van der Waals surface area (Å²) in [5.41, 5.74) is 0.959. The van der Waals surface area contributed by atoms with Crippen molar-refractivity contribution in [2.45, 2.75) is 13.3 Å². The number of nitrogens with zero attached hydrogens (tertiary/aromatic N) is 5. The van der Waals surface area contributed by atoms with Crippen LogP contribution in [0, 0.1) is 17.2 Å². The van der Waals surface area contributed by atoms with Gasteiger partial charge in [-0.2, -0.15) is 5.26 Å². The Bertz CT molecular complexity index is 687. The van der Waals surface area contributed by atoms with E-state index in [0.29, 0.717) is 12.2 Å². The van der Waals surface area contributed by atoms with E-state index in [0.717, 1.165) is 6.42 Å². The van der Waals surface area contributed by atoms with E-state index < -0.39 is 17.6 Å². The lowest BCUT2D eigenvalue weighted by atomic mass is 9.98. The minimum Gasteiger partial charge on any atom is -0.355 e. The summed E-state index contributed by atoms with van der Waals surface area (Å²) < 4.78 is 1.43. The van der Waals surface area contributed by atoms with Crippen LogP contribution in [0.15, 0.2) is 30.6 Å². The maximum absolute atomic E-state index is 12.2. The molecule has 0 aliphatic rings. The highest BCUT2D eigenvalue weighted by atomic mass is 16.2. The van der Waals surface area contributed by atoms with Gasteiger partial charge in [0.25, 0.3) is 0 Å². The lowest BCUT2D eigenvalue weighted by molar-refractivity contribution is -0.122. The zero-order valence-electron chi connectivity index (χ0n) is 11.9.